The highest BCUT2D eigenvalue weighted by Gasteiger charge is 2.40. The molecular formula is C49H87N13O11. The Morgan fingerprint density at radius 1 is 0.685 bits per heavy atom. The maximum absolute atomic E-state index is 14.3. The molecule has 1 heterocycles. The van der Waals surface area contributed by atoms with Crippen molar-refractivity contribution in [2.75, 3.05) is 39.8 Å². The molecule has 13 N–H and O–H groups in total. The van der Waals surface area contributed by atoms with E-state index in [2.05, 4.69) is 47.5 Å². The first-order valence-electron chi connectivity index (χ1n) is 26.0. The van der Waals surface area contributed by atoms with E-state index >= 15 is 0 Å². The lowest BCUT2D eigenvalue weighted by Gasteiger charge is -2.32. The molecule has 73 heavy (non-hydrogen) atoms. The standard InChI is InChI=1S/C49H87N13O11/c1-11-16-33(55-47(72)41(30(8)63)60-46(71)40(29(7)13-3)59-44(69)38(27(4)5)57-36(65)25-54-37(66)26-61(10)31(9)64)42(67)58-39(28(6)12-2)45(70)56-34(17-14-22-53-49(50)51)48(73)62-24-15-18-35(62)43(68)52-23-21-32-19-20-32/h27-30,32-35,38-41,63H,11-26H2,1-10H3,(H,52,68)(H,54,66)(H,55,72)(H,56,70)(H,57,65)(H,58,67)(H,59,69)(H,60,71)(H4,50,51,53)/t28-,29-,30+,33-,34-,35-,38-,39-,40+,41-/m0/s1. The van der Waals surface area contributed by atoms with E-state index in [0.717, 1.165) is 24.2 Å². The number of carbonyl (C=O) groups excluding carboxylic acids is 10. The monoisotopic (exact) mass is 1030 g/mol. The largest absolute Gasteiger partial charge is 0.391 e. The van der Waals surface area contributed by atoms with E-state index in [0.29, 0.717) is 57.5 Å². The predicted octanol–water partition coefficient (Wildman–Crippen LogP) is -1.62. The molecule has 1 saturated heterocycles. The Hall–Kier alpha value is -6.07. The first kappa shape index (κ1) is 63.0. The maximum Gasteiger partial charge on any atom is 0.245 e. The van der Waals surface area contributed by atoms with Crippen LogP contribution in [0.5, 0.6) is 0 Å². The Bertz CT molecular complexity index is 1930. The van der Waals surface area contributed by atoms with Crippen LogP contribution < -0.4 is 54.0 Å². The molecule has 0 bridgehead atoms. The third-order valence-electron chi connectivity index (χ3n) is 13.4. The number of aliphatic hydroxyl groups excluding tert-OH is 1. The molecule has 1 saturated carbocycles. The van der Waals surface area contributed by atoms with Crippen LogP contribution in [0.2, 0.25) is 0 Å². The van der Waals surface area contributed by atoms with Gasteiger partial charge in [-0.15, -0.1) is 0 Å². The zero-order valence-electron chi connectivity index (χ0n) is 44.8. The molecule has 10 atom stereocenters. The van der Waals surface area contributed by atoms with Gasteiger partial charge >= 0.3 is 0 Å². The number of nitrogens with zero attached hydrogens (tertiary/aromatic N) is 3. The molecule has 0 aromatic heterocycles. The smallest absolute Gasteiger partial charge is 0.245 e. The number of amides is 10. The molecule has 2 rings (SSSR count). The number of likely N-dealkylation sites (tertiary alicyclic amines) is 1. The predicted molar refractivity (Wildman–Crippen MR) is 273 cm³/mol. The summed E-state index contributed by atoms with van der Waals surface area (Å²) in [5, 5.41) is 32.2. The van der Waals surface area contributed by atoms with Gasteiger partial charge in [-0.2, -0.15) is 0 Å². The summed E-state index contributed by atoms with van der Waals surface area (Å²) in [4.78, 5) is 141. The zero-order valence-corrected chi connectivity index (χ0v) is 44.8. The van der Waals surface area contributed by atoms with Crippen LogP contribution in [-0.4, -0.2) is 168 Å². The van der Waals surface area contributed by atoms with Crippen molar-refractivity contribution in [1.82, 2.24) is 52.3 Å². The molecule has 0 aromatic carbocycles. The normalized spacial score (nSPS) is 17.9. The SMILES string of the molecule is CCC[C@H](NC(=O)[C@@H](NC(=O)[C@H](NC(=O)[C@@H](NC(=O)CNC(=O)CN(C)C(C)=O)C(C)C)[C@@H](C)CC)[C@@H](C)O)C(=O)N[C@H](C(=O)N[C@@H](CCCN=C(N)N)C(=O)N1CCC[C@H]1C(=O)NCCC1CC1)[C@@H](C)CC. The lowest BCUT2D eigenvalue weighted by Crippen LogP contribution is -2.63. The molecule has 1 aliphatic heterocycles. The molecule has 2 aliphatic rings. The summed E-state index contributed by atoms with van der Waals surface area (Å²) in [5.74, 6) is -7.23. The summed E-state index contributed by atoms with van der Waals surface area (Å²) in [6.07, 6.45) is 4.45. The number of guanidine groups is 1. The van der Waals surface area contributed by atoms with Crippen molar-refractivity contribution in [3.63, 3.8) is 0 Å². The average Bonchev–Trinajstić information content (AvgIpc) is 4.03. The second-order valence-electron chi connectivity index (χ2n) is 20.0. The highest BCUT2D eigenvalue weighted by Crippen LogP contribution is 2.31. The number of aliphatic hydroxyl groups is 1. The molecular weight excluding hydrogens is 947 g/mol. The summed E-state index contributed by atoms with van der Waals surface area (Å²) in [7, 11) is 1.42. The van der Waals surface area contributed by atoms with Gasteiger partial charge in [0.2, 0.25) is 59.1 Å². The van der Waals surface area contributed by atoms with Crippen molar-refractivity contribution in [3.05, 3.63) is 0 Å². The Kier molecular flexibility index (Phi) is 27.2. The topological polar surface area (TPSA) is 358 Å². The van der Waals surface area contributed by atoms with Crippen molar-refractivity contribution < 1.29 is 53.1 Å². The molecule has 24 nitrogen and oxygen atoms in total. The van der Waals surface area contributed by atoms with Crippen LogP contribution in [0.4, 0.5) is 0 Å². The summed E-state index contributed by atoms with van der Waals surface area (Å²) in [5.41, 5.74) is 11.1. The van der Waals surface area contributed by atoms with E-state index in [1.807, 2.05) is 6.92 Å². The van der Waals surface area contributed by atoms with Gasteiger partial charge in [0.1, 0.15) is 42.3 Å². The van der Waals surface area contributed by atoms with Gasteiger partial charge in [-0.1, -0.05) is 80.6 Å². The van der Waals surface area contributed by atoms with Crippen molar-refractivity contribution in [2.24, 2.45) is 40.1 Å². The number of hydrogen-bond donors (Lipinski definition) is 11. The Balaban J connectivity index is 2.26. The minimum Gasteiger partial charge on any atom is -0.391 e. The van der Waals surface area contributed by atoms with Crippen LogP contribution in [0.15, 0.2) is 4.99 Å². The molecule has 0 radical (unpaired) electrons. The number of likely N-dealkylation sites (N-methyl/N-ethyl adjacent to an activating group) is 1. The van der Waals surface area contributed by atoms with Crippen molar-refractivity contribution >= 4 is 65.0 Å². The molecule has 414 valence electrons. The zero-order chi connectivity index (χ0) is 55.1. The number of nitrogens with two attached hydrogens (primary N) is 2. The van der Waals surface area contributed by atoms with Crippen LogP contribution in [0.3, 0.4) is 0 Å². The summed E-state index contributed by atoms with van der Waals surface area (Å²) >= 11 is 0. The molecule has 1 aliphatic carbocycles. The second-order valence-corrected chi connectivity index (χ2v) is 20.0. The van der Waals surface area contributed by atoms with Crippen LogP contribution >= 0.6 is 0 Å². The fourth-order valence-electron chi connectivity index (χ4n) is 8.14. The lowest BCUT2D eigenvalue weighted by atomic mass is 9.95. The first-order chi connectivity index (χ1) is 34.4. The molecule has 0 unspecified atom stereocenters. The van der Waals surface area contributed by atoms with Crippen molar-refractivity contribution in [1.29, 1.82) is 0 Å². The van der Waals surface area contributed by atoms with E-state index in [1.54, 1.807) is 41.5 Å². The van der Waals surface area contributed by atoms with Crippen LogP contribution in [-0.2, 0) is 47.9 Å². The third-order valence-corrected chi connectivity index (χ3v) is 13.4. The quantitative estimate of drug-likeness (QED) is 0.0205. The van der Waals surface area contributed by atoms with E-state index in [9.17, 15) is 53.1 Å². The molecule has 10 amide bonds. The van der Waals surface area contributed by atoms with Gasteiger partial charge in [0.25, 0.3) is 0 Å². The summed E-state index contributed by atoms with van der Waals surface area (Å²) in [6, 6.07) is -8.29. The molecule has 24 heteroatoms. The van der Waals surface area contributed by atoms with Gasteiger partial charge in [0.05, 0.1) is 19.2 Å². The van der Waals surface area contributed by atoms with Gasteiger partial charge < -0.3 is 68.9 Å². The van der Waals surface area contributed by atoms with E-state index in [4.69, 9.17) is 11.5 Å². The van der Waals surface area contributed by atoms with Gasteiger partial charge in [-0.3, -0.25) is 52.9 Å². The summed E-state index contributed by atoms with van der Waals surface area (Å²) < 4.78 is 0. The number of aliphatic imine (C=N–C) groups is 1. The van der Waals surface area contributed by atoms with E-state index < -0.39 is 120 Å². The average molecular weight is 1030 g/mol. The van der Waals surface area contributed by atoms with Crippen molar-refractivity contribution in [3.8, 4) is 0 Å². The molecule has 2 fully saturated rings. The van der Waals surface area contributed by atoms with Gasteiger partial charge in [-0.05, 0) is 69.1 Å². The highest BCUT2D eigenvalue weighted by molar-refractivity contribution is 5.98. The second kappa shape index (κ2) is 31.5. The van der Waals surface area contributed by atoms with Gasteiger partial charge in [-0.25, -0.2) is 0 Å². The Labute approximate surface area is 430 Å². The number of nitrogens with one attached hydrogen (secondary N) is 8. The number of carbonyl (C=O) groups is 10. The van der Waals surface area contributed by atoms with Crippen LogP contribution in [0.1, 0.15) is 133 Å². The third kappa shape index (κ3) is 21.5. The number of rotatable bonds is 32. The van der Waals surface area contributed by atoms with E-state index in [-0.39, 0.29) is 43.7 Å². The van der Waals surface area contributed by atoms with Gasteiger partial charge in [0, 0.05) is 33.6 Å². The fourth-order valence-corrected chi connectivity index (χ4v) is 8.14. The Morgan fingerprint density at radius 3 is 1.77 bits per heavy atom. The van der Waals surface area contributed by atoms with Crippen LogP contribution in [0, 0.1) is 23.7 Å². The molecule has 0 spiro atoms. The molecule has 0 aromatic rings. The Morgan fingerprint density at radius 2 is 1.23 bits per heavy atom. The summed E-state index contributed by atoms with van der Waals surface area (Å²) in [6.45, 7) is 14.9. The minimum atomic E-state index is -1.62. The van der Waals surface area contributed by atoms with Crippen LogP contribution in [0.25, 0.3) is 0 Å². The maximum atomic E-state index is 14.3. The lowest BCUT2D eigenvalue weighted by molar-refractivity contribution is -0.142. The highest BCUT2D eigenvalue weighted by atomic mass is 16.3. The fraction of sp³-hybridized carbons (Fsp3) is 0.776. The van der Waals surface area contributed by atoms with Crippen molar-refractivity contribution in [2.45, 2.75) is 181 Å². The first-order valence-corrected chi connectivity index (χ1v) is 26.0. The minimum absolute atomic E-state index is 0.0882. The van der Waals surface area contributed by atoms with Gasteiger partial charge in [0.15, 0.2) is 5.96 Å². The number of hydrogen-bond acceptors (Lipinski definition) is 12. The van der Waals surface area contributed by atoms with E-state index in [1.165, 1.54) is 25.8 Å².